The summed E-state index contributed by atoms with van der Waals surface area (Å²) in [5.74, 6) is -0.0933. The van der Waals surface area contributed by atoms with Crippen molar-refractivity contribution in [3.05, 3.63) is 75.1 Å². The highest BCUT2D eigenvalue weighted by Gasteiger charge is 2.11. The Morgan fingerprint density at radius 2 is 2.00 bits per heavy atom. The topological polar surface area (TPSA) is 59.3 Å². The fourth-order valence-electron chi connectivity index (χ4n) is 2.67. The Morgan fingerprint density at radius 1 is 1.15 bits per heavy atom. The average molecular weight is 462 g/mol. The second kappa shape index (κ2) is 7.80. The molecule has 4 aromatic rings. The lowest BCUT2D eigenvalue weighted by Crippen LogP contribution is -2.24. The molecule has 8 heteroatoms. The molecule has 5 nitrogen and oxygen atoms in total. The van der Waals surface area contributed by atoms with Crippen molar-refractivity contribution in [2.75, 3.05) is 0 Å². The lowest BCUT2D eigenvalue weighted by molar-refractivity contribution is -0.120. The number of nitrogens with zero attached hydrogens (tertiary/aromatic N) is 3. The van der Waals surface area contributed by atoms with Crippen LogP contribution >= 0.6 is 38.9 Å². The molecule has 0 fully saturated rings. The molecule has 136 valence electrons. The Kier molecular flexibility index (Phi) is 5.24. The molecule has 1 aromatic carbocycles. The van der Waals surface area contributed by atoms with Crippen molar-refractivity contribution < 1.29 is 4.79 Å². The van der Waals surface area contributed by atoms with Crippen LogP contribution in [0, 0.1) is 0 Å². The minimum atomic E-state index is -0.0933. The summed E-state index contributed by atoms with van der Waals surface area (Å²) < 4.78 is 2.89. The first-order valence-corrected chi connectivity index (χ1v) is 10.2. The monoisotopic (exact) mass is 460 g/mol. The quantitative estimate of drug-likeness (QED) is 0.467. The number of pyridine rings is 1. The van der Waals surface area contributed by atoms with Crippen molar-refractivity contribution in [1.82, 2.24) is 19.7 Å². The summed E-state index contributed by atoms with van der Waals surface area (Å²) in [5.41, 5.74) is 3.25. The van der Waals surface area contributed by atoms with Crippen LogP contribution in [0.3, 0.4) is 0 Å². The number of benzene rings is 1. The van der Waals surface area contributed by atoms with Gasteiger partial charge in [0.1, 0.15) is 10.7 Å². The molecule has 0 saturated carbocycles. The van der Waals surface area contributed by atoms with Gasteiger partial charge < -0.3 is 9.72 Å². The van der Waals surface area contributed by atoms with Gasteiger partial charge >= 0.3 is 0 Å². The highest BCUT2D eigenvalue weighted by molar-refractivity contribution is 9.10. The average Bonchev–Trinajstić information content (AvgIpc) is 3.26. The number of carbonyl (C=O) groups excluding carboxylic acids is 1. The number of carbonyl (C=O) groups is 1. The standard InChI is InChI=1S/C19H14BrClN4OS/c20-12-5-6-17-23-14(10-25(17)9-12)8-22-18(26)7-13-11-27-19(24-13)15-3-1-2-4-16(15)21/h1-6,9-11H,7-8H2,(H,22,26). The molecule has 1 amide bonds. The molecule has 0 atom stereocenters. The van der Waals surface area contributed by atoms with E-state index in [0.29, 0.717) is 11.6 Å². The fourth-order valence-corrected chi connectivity index (χ4v) is 4.16. The normalized spacial score (nSPS) is 11.0. The van der Waals surface area contributed by atoms with Gasteiger partial charge in [-0.1, -0.05) is 29.8 Å². The number of hydrogen-bond donors (Lipinski definition) is 1. The van der Waals surface area contributed by atoms with E-state index in [-0.39, 0.29) is 12.3 Å². The van der Waals surface area contributed by atoms with Gasteiger partial charge in [-0.15, -0.1) is 11.3 Å². The van der Waals surface area contributed by atoms with E-state index in [9.17, 15) is 4.79 Å². The van der Waals surface area contributed by atoms with Crippen LogP contribution in [0.5, 0.6) is 0 Å². The van der Waals surface area contributed by atoms with Gasteiger partial charge in [0.05, 0.1) is 29.4 Å². The van der Waals surface area contributed by atoms with Gasteiger partial charge in [0.25, 0.3) is 0 Å². The van der Waals surface area contributed by atoms with Crippen LogP contribution < -0.4 is 5.32 Å². The predicted molar refractivity (Wildman–Crippen MR) is 111 cm³/mol. The first-order valence-electron chi connectivity index (χ1n) is 8.17. The maximum absolute atomic E-state index is 12.3. The number of rotatable bonds is 5. The van der Waals surface area contributed by atoms with Crippen LogP contribution in [0.25, 0.3) is 16.2 Å². The molecule has 1 N–H and O–H groups in total. The third kappa shape index (κ3) is 4.21. The lowest BCUT2D eigenvalue weighted by atomic mass is 10.2. The van der Waals surface area contributed by atoms with Crippen LogP contribution in [0.15, 0.2) is 58.6 Å². The van der Waals surface area contributed by atoms with E-state index in [1.165, 1.54) is 11.3 Å². The van der Waals surface area contributed by atoms with E-state index in [1.807, 2.05) is 58.6 Å². The Bertz CT molecular complexity index is 1120. The lowest BCUT2D eigenvalue weighted by Gasteiger charge is -2.01. The fraction of sp³-hybridized carbons (Fsp3) is 0.105. The predicted octanol–water partition coefficient (Wildman–Crippen LogP) is 4.73. The van der Waals surface area contributed by atoms with Gasteiger partial charge in [-0.2, -0.15) is 0 Å². The van der Waals surface area contributed by atoms with Gasteiger partial charge in [-0.25, -0.2) is 9.97 Å². The molecular weight excluding hydrogens is 448 g/mol. The smallest absolute Gasteiger partial charge is 0.226 e. The second-order valence-corrected chi connectivity index (χ2v) is 8.10. The maximum atomic E-state index is 12.3. The molecule has 0 aliphatic rings. The summed E-state index contributed by atoms with van der Waals surface area (Å²) in [6.45, 7) is 0.375. The van der Waals surface area contributed by atoms with E-state index in [1.54, 1.807) is 0 Å². The van der Waals surface area contributed by atoms with Crippen molar-refractivity contribution in [3.63, 3.8) is 0 Å². The van der Waals surface area contributed by atoms with Gasteiger partial charge in [0, 0.05) is 27.8 Å². The zero-order valence-electron chi connectivity index (χ0n) is 14.0. The van der Waals surface area contributed by atoms with Crippen molar-refractivity contribution in [1.29, 1.82) is 0 Å². The first kappa shape index (κ1) is 18.2. The Labute approximate surface area is 173 Å². The van der Waals surface area contributed by atoms with Crippen LogP contribution in [0.4, 0.5) is 0 Å². The number of amides is 1. The Morgan fingerprint density at radius 3 is 2.85 bits per heavy atom. The number of halogens is 2. The van der Waals surface area contributed by atoms with E-state index in [2.05, 4.69) is 31.2 Å². The third-order valence-electron chi connectivity index (χ3n) is 3.93. The van der Waals surface area contributed by atoms with E-state index in [4.69, 9.17) is 11.6 Å². The first-order chi connectivity index (χ1) is 13.1. The summed E-state index contributed by atoms with van der Waals surface area (Å²) in [6, 6.07) is 11.4. The van der Waals surface area contributed by atoms with Crippen LogP contribution in [0.2, 0.25) is 5.02 Å². The van der Waals surface area contributed by atoms with Crippen molar-refractivity contribution in [2.45, 2.75) is 13.0 Å². The highest BCUT2D eigenvalue weighted by atomic mass is 79.9. The Balaban J connectivity index is 1.38. The molecule has 0 radical (unpaired) electrons. The number of thiazole rings is 1. The molecule has 27 heavy (non-hydrogen) atoms. The molecule has 0 bridgehead atoms. The number of hydrogen-bond acceptors (Lipinski definition) is 4. The number of fused-ring (bicyclic) bond motifs is 1. The minimum absolute atomic E-state index is 0.0933. The van der Waals surface area contributed by atoms with Crippen LogP contribution in [0.1, 0.15) is 11.4 Å². The summed E-state index contributed by atoms with van der Waals surface area (Å²) in [7, 11) is 0. The Hall–Kier alpha value is -2.22. The zero-order chi connectivity index (χ0) is 18.8. The highest BCUT2D eigenvalue weighted by Crippen LogP contribution is 2.30. The molecule has 0 unspecified atom stereocenters. The molecule has 0 aliphatic heterocycles. The van der Waals surface area contributed by atoms with Gasteiger partial charge in [0.2, 0.25) is 5.91 Å². The molecule has 0 spiro atoms. The zero-order valence-corrected chi connectivity index (χ0v) is 17.2. The summed E-state index contributed by atoms with van der Waals surface area (Å²) >= 11 is 11.1. The molecule has 3 heterocycles. The summed E-state index contributed by atoms with van der Waals surface area (Å²) in [5, 5.41) is 6.25. The van der Waals surface area contributed by atoms with Crippen molar-refractivity contribution in [2.24, 2.45) is 0 Å². The minimum Gasteiger partial charge on any atom is -0.350 e. The van der Waals surface area contributed by atoms with E-state index < -0.39 is 0 Å². The number of nitrogens with one attached hydrogen (secondary N) is 1. The van der Waals surface area contributed by atoms with Crippen LogP contribution in [-0.2, 0) is 17.8 Å². The molecule has 0 aliphatic carbocycles. The van der Waals surface area contributed by atoms with E-state index in [0.717, 1.165) is 32.1 Å². The van der Waals surface area contributed by atoms with Gasteiger partial charge in [-0.05, 0) is 34.1 Å². The molecule has 4 rings (SSSR count). The van der Waals surface area contributed by atoms with Gasteiger partial charge in [0.15, 0.2) is 0 Å². The summed E-state index contributed by atoms with van der Waals surface area (Å²) in [6.07, 6.45) is 4.05. The largest absolute Gasteiger partial charge is 0.350 e. The summed E-state index contributed by atoms with van der Waals surface area (Å²) in [4.78, 5) is 21.3. The van der Waals surface area contributed by atoms with Crippen LogP contribution in [-0.4, -0.2) is 20.3 Å². The molecular formula is C19H14BrClN4OS. The number of imidazole rings is 1. The third-order valence-corrected chi connectivity index (χ3v) is 5.65. The second-order valence-electron chi connectivity index (χ2n) is 5.92. The molecule has 0 saturated heterocycles. The van der Waals surface area contributed by atoms with Crippen molar-refractivity contribution >= 4 is 50.4 Å². The van der Waals surface area contributed by atoms with Gasteiger partial charge in [-0.3, -0.25) is 4.79 Å². The maximum Gasteiger partial charge on any atom is 0.226 e. The SMILES string of the molecule is O=C(Cc1csc(-c2ccccc2Cl)n1)NCc1cn2cc(Br)ccc2n1. The van der Waals surface area contributed by atoms with Crippen molar-refractivity contribution in [3.8, 4) is 10.6 Å². The molecule has 3 aromatic heterocycles. The van der Waals surface area contributed by atoms with E-state index >= 15 is 0 Å². The number of aromatic nitrogens is 3.